The van der Waals surface area contributed by atoms with Gasteiger partial charge in [0.1, 0.15) is 11.8 Å². The van der Waals surface area contributed by atoms with Crippen molar-refractivity contribution in [2.75, 3.05) is 20.3 Å². The van der Waals surface area contributed by atoms with Gasteiger partial charge in [0.25, 0.3) is 5.91 Å². The highest BCUT2D eigenvalue weighted by atomic mass is 35.5. The summed E-state index contributed by atoms with van der Waals surface area (Å²) in [6.07, 6.45) is 0.754. The maximum atomic E-state index is 13.0. The molecule has 0 aromatic heterocycles. The van der Waals surface area contributed by atoms with Gasteiger partial charge < -0.3 is 19.7 Å². The maximum absolute atomic E-state index is 13.0. The summed E-state index contributed by atoms with van der Waals surface area (Å²) in [5.74, 6) is -0.548. The van der Waals surface area contributed by atoms with Gasteiger partial charge in [0.2, 0.25) is 11.7 Å². The molecule has 0 saturated carbocycles. The van der Waals surface area contributed by atoms with Crippen LogP contribution < -0.4 is 14.8 Å². The van der Waals surface area contributed by atoms with E-state index in [0.717, 1.165) is 6.42 Å². The average molecular weight is 498 g/mol. The Hall–Kier alpha value is -3.04. The van der Waals surface area contributed by atoms with Crippen molar-refractivity contribution in [1.82, 2.24) is 10.2 Å². The van der Waals surface area contributed by atoms with E-state index in [1.165, 1.54) is 30.2 Å². The minimum absolute atomic E-state index is 0.00456. The number of nitro benzene ring substituents is 1. The van der Waals surface area contributed by atoms with E-state index in [1.54, 1.807) is 25.1 Å². The van der Waals surface area contributed by atoms with E-state index in [4.69, 9.17) is 32.7 Å². The summed E-state index contributed by atoms with van der Waals surface area (Å²) in [6.45, 7) is 3.74. The van der Waals surface area contributed by atoms with Crippen molar-refractivity contribution in [2.45, 2.75) is 32.9 Å². The highest BCUT2D eigenvalue weighted by molar-refractivity contribution is 6.42. The van der Waals surface area contributed by atoms with E-state index < -0.39 is 23.5 Å². The predicted molar refractivity (Wildman–Crippen MR) is 125 cm³/mol. The molecule has 1 atom stereocenters. The second-order valence-electron chi connectivity index (χ2n) is 7.12. The normalized spacial score (nSPS) is 11.4. The molecule has 0 unspecified atom stereocenters. The first kappa shape index (κ1) is 26.2. The van der Waals surface area contributed by atoms with Crippen molar-refractivity contribution < 1.29 is 24.0 Å². The van der Waals surface area contributed by atoms with Crippen LogP contribution in [0.15, 0.2) is 36.4 Å². The summed E-state index contributed by atoms with van der Waals surface area (Å²) in [5.41, 5.74) is 0.462. The van der Waals surface area contributed by atoms with E-state index in [1.807, 2.05) is 6.92 Å². The van der Waals surface area contributed by atoms with Gasteiger partial charge in [0, 0.05) is 25.2 Å². The van der Waals surface area contributed by atoms with Crippen LogP contribution in [-0.4, -0.2) is 47.9 Å². The summed E-state index contributed by atoms with van der Waals surface area (Å²) in [7, 11) is 1.30. The Balaban J connectivity index is 2.20. The number of nitrogens with zero attached hydrogens (tertiary/aromatic N) is 2. The van der Waals surface area contributed by atoms with Crippen LogP contribution in [0.25, 0.3) is 0 Å². The molecule has 2 amide bonds. The van der Waals surface area contributed by atoms with Crippen LogP contribution in [0.1, 0.15) is 25.8 Å². The molecule has 0 radical (unpaired) electrons. The molecule has 0 fully saturated rings. The summed E-state index contributed by atoms with van der Waals surface area (Å²) in [6, 6.07) is 8.10. The molecular weight excluding hydrogens is 473 g/mol. The summed E-state index contributed by atoms with van der Waals surface area (Å²) >= 11 is 12.1. The smallest absolute Gasteiger partial charge is 0.311 e. The number of methoxy groups -OCH3 is 1. The third kappa shape index (κ3) is 7.23. The molecule has 178 valence electrons. The lowest BCUT2D eigenvalue weighted by Gasteiger charge is -2.29. The number of ether oxygens (including phenoxy) is 2. The maximum Gasteiger partial charge on any atom is 0.311 e. The van der Waals surface area contributed by atoms with Crippen LogP contribution in [0, 0.1) is 10.1 Å². The summed E-state index contributed by atoms with van der Waals surface area (Å²) < 4.78 is 10.6. The van der Waals surface area contributed by atoms with E-state index in [9.17, 15) is 19.7 Å². The molecule has 9 nitrogen and oxygen atoms in total. The number of nitro groups is 1. The molecule has 2 rings (SSSR count). The minimum atomic E-state index is -0.784. The molecule has 11 heteroatoms. The molecule has 0 aliphatic rings. The second-order valence-corrected chi connectivity index (χ2v) is 7.93. The van der Waals surface area contributed by atoms with Crippen LogP contribution >= 0.6 is 23.2 Å². The zero-order valence-electron chi connectivity index (χ0n) is 18.5. The van der Waals surface area contributed by atoms with Crippen LogP contribution in [0.4, 0.5) is 5.69 Å². The quantitative estimate of drug-likeness (QED) is 0.367. The Labute approximate surface area is 201 Å². The lowest BCUT2D eigenvalue weighted by atomic mass is 10.1. The average Bonchev–Trinajstić information content (AvgIpc) is 2.80. The number of amides is 2. The molecule has 0 aliphatic heterocycles. The highest BCUT2D eigenvalue weighted by Gasteiger charge is 2.27. The van der Waals surface area contributed by atoms with Gasteiger partial charge in [-0.25, -0.2) is 0 Å². The third-order valence-corrected chi connectivity index (χ3v) is 5.50. The summed E-state index contributed by atoms with van der Waals surface area (Å²) in [4.78, 5) is 37.4. The van der Waals surface area contributed by atoms with Crippen molar-refractivity contribution in [2.24, 2.45) is 0 Å². The van der Waals surface area contributed by atoms with E-state index in [0.29, 0.717) is 22.2 Å². The zero-order valence-corrected chi connectivity index (χ0v) is 20.0. The molecule has 0 heterocycles. The van der Waals surface area contributed by atoms with E-state index in [-0.39, 0.29) is 29.6 Å². The molecule has 0 spiro atoms. The molecule has 2 aromatic carbocycles. The lowest BCUT2D eigenvalue weighted by molar-refractivity contribution is -0.385. The number of benzene rings is 2. The minimum Gasteiger partial charge on any atom is -0.490 e. The number of nitrogens with one attached hydrogen (secondary N) is 1. The molecule has 2 aromatic rings. The van der Waals surface area contributed by atoms with Crippen molar-refractivity contribution >= 4 is 40.7 Å². The fraction of sp³-hybridized carbons (Fsp3) is 0.364. The standard InChI is InChI=1S/C22H25Cl2N3O6/c1-4-9-25-22(29)14(2)26(12-15-5-7-17(23)18(24)10-15)21(28)13-33-16-6-8-19(27(30)31)20(11-16)32-3/h5-8,10-11,14H,4,9,12-13H2,1-3H3,(H,25,29)/t14-/m1/s1. The molecule has 0 bridgehead atoms. The van der Waals surface area contributed by atoms with Gasteiger partial charge in [0.05, 0.1) is 22.1 Å². The molecule has 1 N–H and O–H groups in total. The van der Waals surface area contributed by atoms with E-state index in [2.05, 4.69) is 5.32 Å². The topological polar surface area (TPSA) is 111 Å². The number of carbonyl (C=O) groups excluding carboxylic acids is 2. The second kappa shape index (κ2) is 12.3. The third-order valence-electron chi connectivity index (χ3n) is 4.76. The fourth-order valence-corrected chi connectivity index (χ4v) is 3.26. The van der Waals surface area contributed by atoms with Crippen molar-refractivity contribution in [1.29, 1.82) is 0 Å². The SMILES string of the molecule is CCCNC(=O)[C@@H](C)N(Cc1ccc(Cl)c(Cl)c1)C(=O)COc1ccc([N+](=O)[O-])c(OC)c1. The van der Waals surface area contributed by atoms with Crippen molar-refractivity contribution in [3.05, 3.63) is 62.1 Å². The Bertz CT molecular complexity index is 1020. The van der Waals surface area contributed by atoms with Crippen LogP contribution in [-0.2, 0) is 16.1 Å². The van der Waals surface area contributed by atoms with Gasteiger partial charge in [0.15, 0.2) is 6.61 Å². The van der Waals surface area contributed by atoms with Crippen molar-refractivity contribution in [3.63, 3.8) is 0 Å². The van der Waals surface area contributed by atoms with Crippen molar-refractivity contribution in [3.8, 4) is 11.5 Å². The number of rotatable bonds is 11. The first-order valence-corrected chi connectivity index (χ1v) is 10.9. The number of halogens is 2. The zero-order chi connectivity index (χ0) is 24.5. The van der Waals surface area contributed by atoms with Gasteiger partial charge in [-0.05, 0) is 37.1 Å². The highest BCUT2D eigenvalue weighted by Crippen LogP contribution is 2.31. The van der Waals surface area contributed by atoms with Gasteiger partial charge in [-0.1, -0.05) is 36.2 Å². The number of hydrogen-bond acceptors (Lipinski definition) is 6. The first-order chi connectivity index (χ1) is 15.7. The van der Waals surface area contributed by atoms with Gasteiger partial charge >= 0.3 is 5.69 Å². The van der Waals surface area contributed by atoms with Crippen LogP contribution in [0.5, 0.6) is 11.5 Å². The van der Waals surface area contributed by atoms with Gasteiger partial charge in [-0.2, -0.15) is 0 Å². The Morgan fingerprint density at radius 3 is 2.52 bits per heavy atom. The number of carbonyl (C=O) groups is 2. The monoisotopic (exact) mass is 497 g/mol. The molecule has 33 heavy (non-hydrogen) atoms. The Morgan fingerprint density at radius 2 is 1.91 bits per heavy atom. The first-order valence-electron chi connectivity index (χ1n) is 10.1. The molecule has 0 aliphatic carbocycles. The van der Waals surface area contributed by atoms with Crippen LogP contribution in [0.2, 0.25) is 10.0 Å². The van der Waals surface area contributed by atoms with Gasteiger partial charge in [-0.15, -0.1) is 0 Å². The Kier molecular flexibility index (Phi) is 9.74. The lowest BCUT2D eigenvalue weighted by Crippen LogP contribution is -2.49. The molecular formula is C22H25Cl2N3O6. The summed E-state index contributed by atoms with van der Waals surface area (Å²) in [5, 5.41) is 14.5. The predicted octanol–water partition coefficient (Wildman–Crippen LogP) is 4.23. The fourth-order valence-electron chi connectivity index (χ4n) is 2.94. The van der Waals surface area contributed by atoms with Gasteiger partial charge in [-0.3, -0.25) is 19.7 Å². The molecule has 0 saturated heterocycles. The Morgan fingerprint density at radius 1 is 1.18 bits per heavy atom. The van der Waals surface area contributed by atoms with E-state index >= 15 is 0 Å². The largest absolute Gasteiger partial charge is 0.490 e. The number of hydrogen-bond donors (Lipinski definition) is 1. The van der Waals surface area contributed by atoms with Crippen LogP contribution in [0.3, 0.4) is 0 Å².